The zero-order valence-corrected chi connectivity index (χ0v) is 22.1. The van der Waals surface area contributed by atoms with Gasteiger partial charge in [-0.15, -0.1) is 0 Å². The van der Waals surface area contributed by atoms with Crippen LogP contribution >= 0.6 is 31.9 Å². The zero-order valence-electron chi connectivity index (χ0n) is 18.9. The Morgan fingerprint density at radius 1 is 0.412 bits per heavy atom. The van der Waals surface area contributed by atoms with E-state index in [1.165, 1.54) is 11.1 Å². The minimum absolute atomic E-state index is 0.0517. The van der Waals surface area contributed by atoms with Gasteiger partial charge in [-0.1, -0.05) is 116 Å². The van der Waals surface area contributed by atoms with E-state index in [0.717, 1.165) is 53.5 Å². The molecule has 34 heavy (non-hydrogen) atoms. The number of hydrogen-bond acceptors (Lipinski definition) is 1. The molecule has 0 amide bonds. The molecule has 0 bridgehead atoms. The monoisotopic (exact) mass is 568 g/mol. The van der Waals surface area contributed by atoms with E-state index in [2.05, 4.69) is 94.2 Å². The third-order valence-electron chi connectivity index (χ3n) is 6.15. The van der Waals surface area contributed by atoms with Crippen LogP contribution in [0, 0.1) is 13.8 Å². The van der Waals surface area contributed by atoms with E-state index in [9.17, 15) is 4.79 Å². The Hall–Kier alpha value is -3.01. The summed E-state index contributed by atoms with van der Waals surface area (Å²) in [6.07, 6.45) is 0. The second-order valence-corrected chi connectivity index (χ2v) is 10.4. The van der Waals surface area contributed by atoms with Gasteiger partial charge in [-0.2, -0.15) is 0 Å². The Labute approximate surface area is 217 Å². The summed E-state index contributed by atoms with van der Waals surface area (Å²) in [4.78, 5) is 14.2. The first-order valence-corrected chi connectivity index (χ1v) is 12.7. The molecule has 0 spiro atoms. The third-order valence-corrected chi connectivity index (χ3v) is 7.21. The lowest BCUT2D eigenvalue weighted by atomic mass is 9.88. The van der Waals surface area contributed by atoms with Gasteiger partial charge in [0.15, 0.2) is 5.78 Å². The number of benzene rings is 4. The van der Waals surface area contributed by atoms with Crippen LogP contribution < -0.4 is 0 Å². The van der Waals surface area contributed by atoms with E-state index in [1.807, 2.05) is 48.5 Å². The number of hydrogen-bond donors (Lipinski definition) is 0. The summed E-state index contributed by atoms with van der Waals surface area (Å²) in [5.41, 5.74) is 9.73. The quantitative estimate of drug-likeness (QED) is 0.240. The maximum Gasteiger partial charge on any atom is 0.195 e. The minimum Gasteiger partial charge on any atom is -0.289 e. The number of rotatable bonds is 4. The molecule has 1 nitrogen and oxygen atoms in total. The summed E-state index contributed by atoms with van der Waals surface area (Å²) in [5, 5.41) is 0. The molecule has 4 aromatic carbocycles. The van der Waals surface area contributed by atoms with Crippen molar-refractivity contribution in [3.63, 3.8) is 0 Å². The fourth-order valence-electron chi connectivity index (χ4n) is 4.40. The largest absolute Gasteiger partial charge is 0.289 e. The van der Waals surface area contributed by atoms with Gasteiger partial charge in [0.1, 0.15) is 0 Å². The summed E-state index contributed by atoms with van der Waals surface area (Å²) in [6, 6.07) is 32.9. The van der Waals surface area contributed by atoms with Crippen LogP contribution in [0.3, 0.4) is 0 Å². The number of aryl methyl sites for hydroxylation is 2. The molecule has 166 valence electrons. The number of carbonyl (C=O) groups excluding carboxylic acids is 1. The van der Waals surface area contributed by atoms with E-state index in [1.54, 1.807) is 0 Å². The average molecular weight is 570 g/mol. The summed E-state index contributed by atoms with van der Waals surface area (Å²) < 4.78 is 1.97. The molecule has 0 saturated heterocycles. The average Bonchev–Trinajstić information content (AvgIpc) is 3.14. The molecule has 5 rings (SSSR count). The number of Topliss-reactive ketones (excluding diaryl/α,β-unsaturated/α-hetero) is 1. The fourth-order valence-corrected chi connectivity index (χ4v) is 4.93. The van der Waals surface area contributed by atoms with Gasteiger partial charge in [-0.25, -0.2) is 0 Å². The first kappa shape index (κ1) is 22.8. The highest BCUT2D eigenvalue weighted by Gasteiger charge is 2.35. The van der Waals surface area contributed by atoms with Gasteiger partial charge in [0.25, 0.3) is 0 Å². The fraction of sp³-hybridized carbons (Fsp3) is 0.0645. The van der Waals surface area contributed by atoms with Gasteiger partial charge in [-0.05, 0) is 60.4 Å². The standard InChI is InChI=1S/C31H22Br2O/c1-19-3-7-21(8-4-19)27-28(22-9-5-20(2)6-10-22)30(24-13-17-26(33)18-14-24)31(34)29(27)23-11-15-25(32)16-12-23/h3-18H,1-2H3. The van der Waals surface area contributed by atoms with Crippen molar-refractivity contribution in [3.05, 3.63) is 139 Å². The SMILES string of the molecule is Cc1ccc(C2=C(c3ccc(Br)cc3)C(=O)C(c3ccc(Br)cc3)=C2c2ccc(C)cc2)cc1. The van der Waals surface area contributed by atoms with E-state index >= 15 is 0 Å². The van der Waals surface area contributed by atoms with Crippen LogP contribution in [0.2, 0.25) is 0 Å². The maximum atomic E-state index is 14.2. The highest BCUT2D eigenvalue weighted by Crippen LogP contribution is 2.49. The highest BCUT2D eigenvalue weighted by atomic mass is 79.9. The number of ketones is 1. The molecule has 0 saturated carbocycles. The molecule has 0 unspecified atom stereocenters. The summed E-state index contributed by atoms with van der Waals surface area (Å²) in [6.45, 7) is 4.16. The molecular formula is C31H22Br2O. The van der Waals surface area contributed by atoms with Crippen LogP contribution in [0.25, 0.3) is 22.3 Å². The van der Waals surface area contributed by atoms with Crippen molar-refractivity contribution in [2.24, 2.45) is 0 Å². The van der Waals surface area contributed by atoms with Crippen molar-refractivity contribution in [2.45, 2.75) is 13.8 Å². The predicted molar refractivity (Wildman–Crippen MR) is 149 cm³/mol. The van der Waals surface area contributed by atoms with Crippen LogP contribution in [0.5, 0.6) is 0 Å². The van der Waals surface area contributed by atoms with Gasteiger partial charge >= 0.3 is 0 Å². The second kappa shape index (κ2) is 9.32. The Balaban J connectivity index is 1.86. The van der Waals surface area contributed by atoms with Gasteiger partial charge in [0.05, 0.1) is 0 Å². The lowest BCUT2D eigenvalue weighted by Crippen LogP contribution is -2.02. The summed E-state index contributed by atoms with van der Waals surface area (Å²) in [5.74, 6) is 0.0517. The second-order valence-electron chi connectivity index (χ2n) is 8.57. The Morgan fingerprint density at radius 2 is 0.676 bits per heavy atom. The molecule has 0 heterocycles. The van der Waals surface area contributed by atoms with Crippen molar-refractivity contribution in [1.82, 2.24) is 0 Å². The van der Waals surface area contributed by atoms with Crippen LogP contribution in [0.1, 0.15) is 33.4 Å². The molecule has 0 radical (unpaired) electrons. The normalized spacial score (nSPS) is 13.7. The minimum atomic E-state index is 0.0517. The zero-order chi connectivity index (χ0) is 23.8. The van der Waals surface area contributed by atoms with Crippen LogP contribution in [-0.2, 0) is 4.79 Å². The molecule has 0 atom stereocenters. The third kappa shape index (κ3) is 4.26. The molecule has 0 fully saturated rings. The Kier molecular flexibility index (Phi) is 6.24. The molecule has 0 aromatic heterocycles. The van der Waals surface area contributed by atoms with Crippen molar-refractivity contribution in [1.29, 1.82) is 0 Å². The van der Waals surface area contributed by atoms with E-state index in [4.69, 9.17) is 0 Å². The summed E-state index contributed by atoms with van der Waals surface area (Å²) in [7, 11) is 0. The van der Waals surface area contributed by atoms with Gasteiger partial charge in [0.2, 0.25) is 0 Å². The molecule has 0 N–H and O–H groups in total. The lowest BCUT2D eigenvalue weighted by molar-refractivity contribution is -0.108. The van der Waals surface area contributed by atoms with Crippen molar-refractivity contribution >= 4 is 59.9 Å². The maximum absolute atomic E-state index is 14.2. The van der Waals surface area contributed by atoms with Crippen molar-refractivity contribution < 1.29 is 4.79 Å². The number of allylic oxidation sites excluding steroid dienone is 4. The topological polar surface area (TPSA) is 17.1 Å². The van der Waals surface area contributed by atoms with E-state index in [0.29, 0.717) is 0 Å². The highest BCUT2D eigenvalue weighted by molar-refractivity contribution is 9.10. The van der Waals surface area contributed by atoms with Gasteiger partial charge in [0, 0.05) is 31.2 Å². The van der Waals surface area contributed by atoms with Crippen LogP contribution in [0.4, 0.5) is 0 Å². The lowest BCUT2D eigenvalue weighted by Gasteiger charge is -2.14. The Bertz CT molecular complexity index is 1330. The molecule has 0 aliphatic heterocycles. The van der Waals surface area contributed by atoms with E-state index < -0.39 is 0 Å². The molecular weight excluding hydrogens is 548 g/mol. The smallest absolute Gasteiger partial charge is 0.195 e. The number of carbonyl (C=O) groups is 1. The predicted octanol–water partition coefficient (Wildman–Crippen LogP) is 8.93. The van der Waals surface area contributed by atoms with E-state index in [-0.39, 0.29) is 5.78 Å². The summed E-state index contributed by atoms with van der Waals surface area (Å²) >= 11 is 7.06. The molecule has 1 aliphatic rings. The molecule has 4 aromatic rings. The first-order chi connectivity index (χ1) is 16.4. The van der Waals surface area contributed by atoms with Crippen molar-refractivity contribution in [2.75, 3.05) is 0 Å². The van der Waals surface area contributed by atoms with Crippen molar-refractivity contribution in [3.8, 4) is 0 Å². The first-order valence-electron chi connectivity index (χ1n) is 11.1. The van der Waals surface area contributed by atoms with Crippen LogP contribution in [-0.4, -0.2) is 5.78 Å². The number of halogens is 2. The molecule has 1 aliphatic carbocycles. The molecule has 3 heteroatoms. The van der Waals surface area contributed by atoms with Crippen LogP contribution in [0.15, 0.2) is 106 Å². The van der Waals surface area contributed by atoms with Gasteiger partial charge in [-0.3, -0.25) is 4.79 Å². The Morgan fingerprint density at radius 3 is 1.00 bits per heavy atom. The van der Waals surface area contributed by atoms with Gasteiger partial charge < -0.3 is 0 Å².